The van der Waals surface area contributed by atoms with E-state index in [4.69, 9.17) is 4.74 Å². The second-order valence-electron chi connectivity index (χ2n) is 7.06. The van der Waals surface area contributed by atoms with Crippen molar-refractivity contribution >= 4 is 40.0 Å². The van der Waals surface area contributed by atoms with E-state index in [0.717, 1.165) is 58.8 Å². The van der Waals surface area contributed by atoms with Gasteiger partial charge in [-0.2, -0.15) is 0 Å². The number of thioether (sulfide) groups is 1. The number of benzene rings is 1. The van der Waals surface area contributed by atoms with E-state index in [2.05, 4.69) is 37.5 Å². The number of nitrogens with one attached hydrogen (secondary N) is 1. The number of methoxy groups -OCH3 is 1. The topological polar surface area (TPSA) is 93.1 Å². The summed E-state index contributed by atoms with van der Waals surface area (Å²) < 4.78 is 6.07. The van der Waals surface area contributed by atoms with Crippen molar-refractivity contribution in [1.29, 1.82) is 0 Å². The van der Waals surface area contributed by atoms with E-state index in [1.165, 1.54) is 11.3 Å². The molecular weight excluding hydrogens is 432 g/mol. The monoisotopic (exact) mass is 456 g/mol. The molecule has 0 bridgehead atoms. The molecule has 1 fully saturated rings. The molecule has 4 rings (SSSR count). The summed E-state index contributed by atoms with van der Waals surface area (Å²) in [4.78, 5) is 14.8. The van der Waals surface area contributed by atoms with Gasteiger partial charge in [0.15, 0.2) is 10.2 Å². The van der Waals surface area contributed by atoms with E-state index in [-0.39, 0.29) is 11.8 Å². The van der Waals surface area contributed by atoms with Crippen LogP contribution in [0.2, 0.25) is 0 Å². The Morgan fingerprint density at radius 1 is 1.13 bits per heavy atom. The fourth-order valence-electron chi connectivity index (χ4n) is 3.43. The Balaban J connectivity index is 1.31. The number of anilines is 2. The molecular formula is C21H24N6O2S2. The third-order valence-electron chi connectivity index (χ3n) is 5.13. The number of aromatic nitrogens is 4. The van der Waals surface area contributed by atoms with Crippen LogP contribution in [-0.4, -0.2) is 52.3 Å². The second-order valence-corrected chi connectivity index (χ2v) is 9.55. The zero-order valence-electron chi connectivity index (χ0n) is 17.4. The van der Waals surface area contributed by atoms with Gasteiger partial charge in [0.2, 0.25) is 11.0 Å². The van der Waals surface area contributed by atoms with Gasteiger partial charge in [-0.25, -0.2) is 0 Å². The van der Waals surface area contributed by atoms with Crippen molar-refractivity contribution in [2.75, 3.05) is 36.2 Å². The quantitative estimate of drug-likeness (QED) is 0.422. The second kappa shape index (κ2) is 10.1. The van der Waals surface area contributed by atoms with E-state index in [0.29, 0.717) is 5.13 Å². The first-order valence-electron chi connectivity index (χ1n) is 10.2. The van der Waals surface area contributed by atoms with Crippen LogP contribution in [0.3, 0.4) is 0 Å². The van der Waals surface area contributed by atoms with Gasteiger partial charge in [0.05, 0.1) is 12.8 Å². The summed E-state index contributed by atoms with van der Waals surface area (Å²) in [5.41, 5.74) is 1.81. The molecule has 3 heterocycles. The Kier molecular flexibility index (Phi) is 6.98. The normalized spacial score (nSPS) is 14.5. The molecule has 8 nitrogen and oxygen atoms in total. The highest BCUT2D eigenvalue weighted by Crippen LogP contribution is 2.28. The summed E-state index contributed by atoms with van der Waals surface area (Å²) in [5.74, 6) is 2.57. The minimum atomic E-state index is -0.0334. The molecule has 162 valence electrons. The zero-order chi connectivity index (χ0) is 21.6. The van der Waals surface area contributed by atoms with Crippen LogP contribution in [0.15, 0.2) is 40.7 Å². The number of carbonyl (C=O) groups is 1. The van der Waals surface area contributed by atoms with Crippen molar-refractivity contribution in [2.45, 2.75) is 24.1 Å². The summed E-state index contributed by atoms with van der Waals surface area (Å²) in [5, 5.41) is 20.4. The van der Waals surface area contributed by atoms with Gasteiger partial charge in [0.25, 0.3) is 0 Å². The van der Waals surface area contributed by atoms with Crippen molar-refractivity contribution in [3.63, 3.8) is 0 Å². The van der Waals surface area contributed by atoms with E-state index in [1.807, 2.05) is 36.4 Å². The maximum atomic E-state index is 12.6. The number of hydrogen-bond acceptors (Lipinski definition) is 9. The third-order valence-corrected chi connectivity index (χ3v) is 6.98. The van der Waals surface area contributed by atoms with Gasteiger partial charge in [-0.3, -0.25) is 4.79 Å². The molecule has 31 heavy (non-hydrogen) atoms. The Labute approximate surface area is 189 Å². The average molecular weight is 457 g/mol. The number of rotatable bonds is 7. The van der Waals surface area contributed by atoms with Crippen LogP contribution >= 0.6 is 23.1 Å². The fraction of sp³-hybridized carbons (Fsp3) is 0.381. The van der Waals surface area contributed by atoms with Crippen molar-refractivity contribution in [3.05, 3.63) is 36.4 Å². The van der Waals surface area contributed by atoms with E-state index >= 15 is 0 Å². The molecule has 0 spiro atoms. The zero-order valence-corrected chi connectivity index (χ0v) is 19.1. The van der Waals surface area contributed by atoms with Gasteiger partial charge < -0.3 is 15.0 Å². The predicted octanol–water partition coefficient (Wildman–Crippen LogP) is 3.97. The molecule has 2 aromatic heterocycles. The van der Waals surface area contributed by atoms with Gasteiger partial charge in [-0.15, -0.1) is 20.4 Å². The maximum Gasteiger partial charge on any atom is 0.229 e. The van der Waals surface area contributed by atoms with Crippen LogP contribution < -0.4 is 15.0 Å². The maximum absolute atomic E-state index is 12.6. The van der Waals surface area contributed by atoms with Crippen LogP contribution in [0.25, 0.3) is 11.3 Å². The summed E-state index contributed by atoms with van der Waals surface area (Å²) in [6.45, 7) is 3.60. The van der Waals surface area contributed by atoms with Crippen molar-refractivity contribution < 1.29 is 9.53 Å². The Bertz CT molecular complexity index is 1000. The summed E-state index contributed by atoms with van der Waals surface area (Å²) >= 11 is 3.05. The van der Waals surface area contributed by atoms with E-state index < -0.39 is 0 Å². The number of ether oxygens (including phenoxy) is 1. The Morgan fingerprint density at radius 3 is 2.55 bits per heavy atom. The van der Waals surface area contributed by atoms with Crippen LogP contribution in [0.1, 0.15) is 19.8 Å². The standard InChI is InChI=1S/C21H24N6O2S2/c1-3-30-21-26-25-20(31-21)22-19(28)15-10-12-27(13-11-15)18-9-8-17(23-24-18)14-4-6-16(29-2)7-5-14/h4-9,15H,3,10-13H2,1-2H3,(H,22,25,28). The summed E-state index contributed by atoms with van der Waals surface area (Å²) in [7, 11) is 1.65. The van der Waals surface area contributed by atoms with Crippen LogP contribution in [0, 0.1) is 5.92 Å². The van der Waals surface area contributed by atoms with Crippen LogP contribution in [0.4, 0.5) is 10.9 Å². The largest absolute Gasteiger partial charge is 0.497 e. The molecule has 10 heteroatoms. The predicted molar refractivity (Wildman–Crippen MR) is 124 cm³/mol. The third kappa shape index (κ3) is 5.31. The summed E-state index contributed by atoms with van der Waals surface area (Å²) in [6.07, 6.45) is 1.53. The molecule has 1 aliphatic heterocycles. The molecule has 1 saturated heterocycles. The molecule has 1 N–H and O–H groups in total. The molecule has 3 aromatic rings. The molecule has 0 aliphatic carbocycles. The van der Waals surface area contributed by atoms with Gasteiger partial charge in [0.1, 0.15) is 5.75 Å². The first-order valence-corrected chi connectivity index (χ1v) is 12.0. The lowest BCUT2D eigenvalue weighted by atomic mass is 9.96. The molecule has 1 aliphatic rings. The minimum absolute atomic E-state index is 0.0183. The van der Waals surface area contributed by atoms with Crippen molar-refractivity contribution in [1.82, 2.24) is 20.4 Å². The van der Waals surface area contributed by atoms with Crippen molar-refractivity contribution in [2.24, 2.45) is 5.92 Å². The van der Waals surface area contributed by atoms with E-state index in [9.17, 15) is 4.79 Å². The lowest BCUT2D eigenvalue weighted by Crippen LogP contribution is -2.38. The molecule has 0 saturated carbocycles. The SMILES string of the molecule is CCSc1nnc(NC(=O)C2CCN(c3ccc(-c4ccc(OC)cc4)nn3)CC2)s1. The molecule has 0 radical (unpaired) electrons. The Morgan fingerprint density at radius 2 is 1.90 bits per heavy atom. The lowest BCUT2D eigenvalue weighted by Gasteiger charge is -2.31. The molecule has 1 amide bonds. The smallest absolute Gasteiger partial charge is 0.229 e. The van der Waals surface area contributed by atoms with Gasteiger partial charge >= 0.3 is 0 Å². The van der Waals surface area contributed by atoms with Crippen LogP contribution in [0.5, 0.6) is 5.75 Å². The minimum Gasteiger partial charge on any atom is -0.497 e. The molecule has 0 atom stereocenters. The first-order chi connectivity index (χ1) is 15.2. The number of piperidine rings is 1. The average Bonchev–Trinajstić information content (AvgIpc) is 3.26. The highest BCUT2D eigenvalue weighted by atomic mass is 32.2. The lowest BCUT2D eigenvalue weighted by molar-refractivity contribution is -0.120. The van der Waals surface area contributed by atoms with Gasteiger partial charge in [-0.05, 0) is 55.0 Å². The first kappa shape index (κ1) is 21.5. The summed E-state index contributed by atoms with van der Waals surface area (Å²) in [6, 6.07) is 11.7. The van der Waals surface area contributed by atoms with Crippen LogP contribution in [-0.2, 0) is 4.79 Å². The fourth-order valence-corrected chi connectivity index (χ4v) is 5.08. The number of carbonyl (C=O) groups excluding carboxylic acids is 1. The Hall–Kier alpha value is -2.72. The number of amides is 1. The number of hydrogen-bond donors (Lipinski definition) is 1. The molecule has 1 aromatic carbocycles. The highest BCUT2D eigenvalue weighted by molar-refractivity contribution is 8.01. The van der Waals surface area contributed by atoms with Gasteiger partial charge in [-0.1, -0.05) is 30.0 Å². The van der Waals surface area contributed by atoms with Crippen molar-refractivity contribution in [3.8, 4) is 17.0 Å². The molecule has 0 unspecified atom stereocenters. The van der Waals surface area contributed by atoms with Gasteiger partial charge in [0, 0.05) is 24.6 Å². The number of nitrogens with zero attached hydrogens (tertiary/aromatic N) is 5. The highest BCUT2D eigenvalue weighted by Gasteiger charge is 2.26. The van der Waals surface area contributed by atoms with E-state index in [1.54, 1.807) is 18.9 Å².